The molecule has 11 rings (SSSR count). The van der Waals surface area contributed by atoms with Crippen molar-refractivity contribution in [2.75, 3.05) is 0 Å². The van der Waals surface area contributed by atoms with E-state index in [0.717, 1.165) is 0 Å². The topological polar surface area (TPSA) is 4.41 Å². The summed E-state index contributed by atoms with van der Waals surface area (Å²) in [5, 5.41) is 13.3. The van der Waals surface area contributed by atoms with Gasteiger partial charge in [-0.2, -0.15) is 0 Å². The van der Waals surface area contributed by atoms with Crippen LogP contribution in [0.2, 0.25) is 0 Å². The van der Waals surface area contributed by atoms with Crippen LogP contribution in [0.3, 0.4) is 0 Å². The van der Waals surface area contributed by atoms with E-state index in [9.17, 15) is 0 Å². The van der Waals surface area contributed by atoms with Crippen LogP contribution in [0.1, 0.15) is 0 Å². The minimum atomic E-state index is 0.298. The van der Waals surface area contributed by atoms with Crippen LogP contribution < -0.4 is 0 Å². The standard InChI is InChI=1S/C42H23NSSe/c1-3-17-34-26(9-1)28-12-7-18-36-39(28)40-29(13-8-19-37(40)44-36)30-14-6-15-31-33-23-24(21-22-35(33)43(34)41(30)31)25-11-5-16-32-27-10-2-4-20-38(27)45-42(25)32/h1-23H. The van der Waals surface area contributed by atoms with Crippen molar-refractivity contribution in [3.8, 4) is 11.1 Å². The predicted octanol–water partition coefficient (Wildman–Crippen LogP) is 12.0. The maximum atomic E-state index is 2.54. The Morgan fingerprint density at radius 2 is 1.04 bits per heavy atom. The molecule has 11 aromatic rings. The van der Waals surface area contributed by atoms with E-state index < -0.39 is 0 Å². The summed E-state index contributed by atoms with van der Waals surface area (Å²) in [5.41, 5.74) is 6.43. The summed E-state index contributed by atoms with van der Waals surface area (Å²) >= 11 is 2.20. The molecule has 4 heterocycles. The molecular weight excluding hydrogens is 629 g/mol. The van der Waals surface area contributed by atoms with Crippen molar-refractivity contribution in [1.29, 1.82) is 0 Å². The molecule has 0 saturated heterocycles. The summed E-state index contributed by atoms with van der Waals surface area (Å²) in [4.78, 5) is 0. The van der Waals surface area contributed by atoms with Gasteiger partial charge < -0.3 is 0 Å². The number of benzene rings is 7. The molecule has 0 saturated carbocycles. The molecule has 0 aliphatic rings. The van der Waals surface area contributed by atoms with Crippen LogP contribution >= 0.6 is 11.3 Å². The zero-order valence-corrected chi connectivity index (χ0v) is 26.6. The first-order valence-corrected chi connectivity index (χ1v) is 17.9. The summed E-state index contributed by atoms with van der Waals surface area (Å²) in [6, 6.07) is 52.6. The van der Waals surface area contributed by atoms with Crippen molar-refractivity contribution < 1.29 is 0 Å². The normalized spacial score (nSPS) is 12.4. The molecule has 45 heavy (non-hydrogen) atoms. The molecule has 0 bridgehead atoms. The van der Waals surface area contributed by atoms with Crippen LogP contribution in [0.25, 0.3) is 99.5 Å². The second kappa shape index (κ2) is 8.84. The van der Waals surface area contributed by atoms with E-state index in [1.807, 2.05) is 11.3 Å². The number of hydrogen-bond acceptors (Lipinski definition) is 1. The van der Waals surface area contributed by atoms with Crippen molar-refractivity contribution in [2.24, 2.45) is 0 Å². The van der Waals surface area contributed by atoms with Gasteiger partial charge in [0.05, 0.1) is 0 Å². The molecule has 0 unspecified atom stereocenters. The van der Waals surface area contributed by atoms with E-state index in [0.29, 0.717) is 14.5 Å². The van der Waals surface area contributed by atoms with Gasteiger partial charge in [0.1, 0.15) is 0 Å². The third kappa shape index (κ3) is 3.18. The number of para-hydroxylation sites is 2. The Morgan fingerprint density at radius 3 is 1.89 bits per heavy atom. The van der Waals surface area contributed by atoms with E-state index in [4.69, 9.17) is 0 Å². The molecule has 0 atom stereocenters. The number of rotatable bonds is 1. The molecule has 208 valence electrons. The monoisotopic (exact) mass is 653 g/mol. The fraction of sp³-hybridized carbons (Fsp3) is 0. The summed E-state index contributed by atoms with van der Waals surface area (Å²) in [5.74, 6) is 0. The second-order valence-corrected chi connectivity index (χ2v) is 15.3. The predicted molar refractivity (Wildman–Crippen MR) is 198 cm³/mol. The number of hydrogen-bond donors (Lipinski definition) is 0. The van der Waals surface area contributed by atoms with Gasteiger partial charge in [0, 0.05) is 0 Å². The van der Waals surface area contributed by atoms with Gasteiger partial charge in [0.15, 0.2) is 0 Å². The van der Waals surface area contributed by atoms with Crippen molar-refractivity contribution >= 4 is 114 Å². The van der Waals surface area contributed by atoms with E-state index in [-0.39, 0.29) is 0 Å². The average Bonchev–Trinajstić information content (AvgIpc) is 3.77. The fourth-order valence-corrected chi connectivity index (χ4v) is 11.6. The molecule has 4 aromatic heterocycles. The van der Waals surface area contributed by atoms with Crippen LogP contribution in [0.5, 0.6) is 0 Å². The van der Waals surface area contributed by atoms with Crippen molar-refractivity contribution in [3.63, 3.8) is 0 Å². The number of nitrogens with zero attached hydrogens (tertiary/aromatic N) is 1. The summed E-state index contributed by atoms with van der Waals surface area (Å²) in [7, 11) is 0. The molecule has 0 aliphatic heterocycles. The zero-order chi connectivity index (χ0) is 29.2. The summed E-state index contributed by atoms with van der Waals surface area (Å²) in [6.07, 6.45) is 0. The Bertz CT molecular complexity index is 3040. The van der Waals surface area contributed by atoms with E-state index in [2.05, 4.69) is 144 Å². The summed E-state index contributed by atoms with van der Waals surface area (Å²) < 4.78 is 8.22. The Kier molecular flexibility index (Phi) is 4.79. The first-order valence-electron chi connectivity index (χ1n) is 15.4. The third-order valence-electron chi connectivity index (χ3n) is 9.75. The van der Waals surface area contributed by atoms with Gasteiger partial charge in [-0.05, 0) is 6.07 Å². The van der Waals surface area contributed by atoms with Crippen LogP contribution in [0.4, 0.5) is 0 Å². The Morgan fingerprint density at radius 1 is 0.444 bits per heavy atom. The molecule has 0 amide bonds. The number of thiophene rings is 1. The quantitative estimate of drug-likeness (QED) is 0.156. The SMILES string of the molecule is c1ccc2c(c1)[se]c1c(-c3ccc4c(c3)c3cccc5c6cccc7sc8cccc(c9ccccc9n4c53)c8c76)cccc12. The molecule has 0 aliphatic carbocycles. The first kappa shape index (κ1) is 24.4. The van der Waals surface area contributed by atoms with Gasteiger partial charge in [-0.3, -0.25) is 0 Å². The molecule has 0 fully saturated rings. The second-order valence-electron chi connectivity index (χ2n) is 12.0. The Labute approximate surface area is 267 Å². The zero-order valence-electron chi connectivity index (χ0n) is 24.0. The van der Waals surface area contributed by atoms with Crippen LogP contribution in [-0.2, 0) is 0 Å². The maximum absolute atomic E-state index is 2.54. The van der Waals surface area contributed by atoms with Crippen LogP contribution in [0, 0.1) is 0 Å². The van der Waals surface area contributed by atoms with Gasteiger partial charge in [0.2, 0.25) is 0 Å². The molecular formula is C42H23NSSe. The number of aromatic nitrogens is 1. The molecule has 0 N–H and O–H groups in total. The molecule has 3 heteroatoms. The van der Waals surface area contributed by atoms with Gasteiger partial charge in [-0.25, -0.2) is 0 Å². The van der Waals surface area contributed by atoms with Crippen molar-refractivity contribution in [3.05, 3.63) is 140 Å². The van der Waals surface area contributed by atoms with Gasteiger partial charge in [-0.1, -0.05) is 0 Å². The fourth-order valence-electron chi connectivity index (χ4n) is 7.89. The molecule has 0 spiro atoms. The van der Waals surface area contributed by atoms with Gasteiger partial charge in [0.25, 0.3) is 0 Å². The summed E-state index contributed by atoms with van der Waals surface area (Å²) in [6.45, 7) is 0. The van der Waals surface area contributed by atoms with Crippen molar-refractivity contribution in [1.82, 2.24) is 4.40 Å². The van der Waals surface area contributed by atoms with E-state index in [1.165, 1.54) is 99.5 Å². The molecule has 0 radical (unpaired) electrons. The minimum absolute atomic E-state index is 0.298. The van der Waals surface area contributed by atoms with Gasteiger partial charge >= 0.3 is 263 Å². The number of fused-ring (bicyclic) bond motifs is 10. The Balaban J connectivity index is 1.37. The molecule has 7 aromatic carbocycles. The van der Waals surface area contributed by atoms with E-state index >= 15 is 0 Å². The first-order chi connectivity index (χ1) is 22.3. The van der Waals surface area contributed by atoms with Crippen LogP contribution in [-0.4, -0.2) is 18.9 Å². The Hall–Kier alpha value is -4.92. The van der Waals surface area contributed by atoms with Crippen LogP contribution in [0.15, 0.2) is 140 Å². The average molecular weight is 653 g/mol. The third-order valence-corrected chi connectivity index (χ3v) is 13.4. The molecule has 1 nitrogen and oxygen atoms in total. The van der Waals surface area contributed by atoms with Gasteiger partial charge in [-0.15, -0.1) is 0 Å². The van der Waals surface area contributed by atoms with E-state index in [1.54, 1.807) is 0 Å². The van der Waals surface area contributed by atoms with Crippen molar-refractivity contribution in [2.45, 2.75) is 0 Å².